The van der Waals surface area contributed by atoms with Gasteiger partial charge < -0.3 is 9.80 Å². The number of carbonyl (C=O) groups is 2. The van der Waals surface area contributed by atoms with Crippen LogP contribution in [0.3, 0.4) is 0 Å². The maximum absolute atomic E-state index is 13.3. The largest absolute Gasteiger partial charge is 0.342 e. The molecule has 1 aromatic heterocycles. The molecule has 3 heterocycles. The van der Waals surface area contributed by atoms with Gasteiger partial charge in [-0.05, 0) is 49.8 Å². The van der Waals surface area contributed by atoms with Crippen molar-refractivity contribution in [2.24, 2.45) is 5.41 Å². The number of nitrogens with zero attached hydrogens (tertiary/aromatic N) is 3. The van der Waals surface area contributed by atoms with E-state index < -0.39 is 0 Å². The van der Waals surface area contributed by atoms with Crippen LogP contribution in [0.15, 0.2) is 54.7 Å². The van der Waals surface area contributed by atoms with Crippen molar-refractivity contribution in [3.63, 3.8) is 0 Å². The lowest BCUT2D eigenvalue weighted by Crippen LogP contribution is -2.50. The molecule has 29 heavy (non-hydrogen) atoms. The van der Waals surface area contributed by atoms with E-state index in [1.54, 1.807) is 6.20 Å². The fraction of sp³-hybridized carbons (Fsp3) is 0.458. The molecule has 1 spiro atoms. The first-order chi connectivity index (χ1) is 14.2. The summed E-state index contributed by atoms with van der Waals surface area (Å²) in [5, 5.41) is 0. The van der Waals surface area contributed by atoms with Gasteiger partial charge in [-0.3, -0.25) is 14.6 Å². The van der Waals surface area contributed by atoms with Gasteiger partial charge in [0, 0.05) is 38.1 Å². The molecule has 0 N–H and O–H groups in total. The fourth-order valence-corrected chi connectivity index (χ4v) is 4.72. The van der Waals surface area contributed by atoms with Gasteiger partial charge in [-0.25, -0.2) is 0 Å². The summed E-state index contributed by atoms with van der Waals surface area (Å²) >= 11 is 0. The van der Waals surface area contributed by atoms with Crippen molar-refractivity contribution in [1.29, 1.82) is 0 Å². The molecule has 2 amide bonds. The van der Waals surface area contributed by atoms with E-state index in [2.05, 4.69) is 29.2 Å². The maximum atomic E-state index is 13.3. The third-order valence-corrected chi connectivity index (χ3v) is 6.33. The van der Waals surface area contributed by atoms with E-state index >= 15 is 0 Å². The minimum atomic E-state index is -0.370. The molecule has 0 saturated carbocycles. The first-order valence-corrected chi connectivity index (χ1v) is 10.7. The summed E-state index contributed by atoms with van der Waals surface area (Å²) in [4.78, 5) is 34.2. The predicted octanol–water partition coefficient (Wildman–Crippen LogP) is 3.10. The molecule has 152 valence electrons. The van der Waals surface area contributed by atoms with E-state index in [0.717, 1.165) is 50.9 Å². The highest BCUT2D eigenvalue weighted by Gasteiger charge is 2.49. The van der Waals surface area contributed by atoms with E-state index in [9.17, 15) is 9.59 Å². The van der Waals surface area contributed by atoms with Gasteiger partial charge in [0.15, 0.2) is 0 Å². The van der Waals surface area contributed by atoms with Gasteiger partial charge in [-0.2, -0.15) is 0 Å². The van der Waals surface area contributed by atoms with E-state index in [1.165, 1.54) is 5.56 Å². The summed E-state index contributed by atoms with van der Waals surface area (Å²) in [5.41, 5.74) is 1.74. The zero-order chi connectivity index (χ0) is 20.1. The molecule has 2 aliphatic heterocycles. The summed E-state index contributed by atoms with van der Waals surface area (Å²) in [6, 6.07) is 16.1. The number of likely N-dealkylation sites (tertiary alicyclic amines) is 2. The van der Waals surface area contributed by atoms with E-state index in [1.807, 2.05) is 34.1 Å². The lowest BCUT2D eigenvalue weighted by molar-refractivity contribution is -0.146. The Labute approximate surface area is 172 Å². The standard InChI is InChI=1S/C24H29N3O2/c28-22(18-21-11-4-5-14-25-21)27-17-13-24(19-27)12-7-16-26(23(24)29)15-6-10-20-8-2-1-3-9-20/h1-5,8-9,11,14H,6-7,10,12-13,15-19H2/t24-/m1/s1. The van der Waals surface area contributed by atoms with E-state index in [0.29, 0.717) is 19.5 Å². The first-order valence-electron chi connectivity index (χ1n) is 10.7. The highest BCUT2D eigenvalue weighted by Crippen LogP contribution is 2.40. The number of hydrogen-bond donors (Lipinski definition) is 0. The van der Waals surface area contributed by atoms with Crippen LogP contribution in [0, 0.1) is 5.41 Å². The van der Waals surface area contributed by atoms with Gasteiger partial charge in [-0.15, -0.1) is 0 Å². The van der Waals surface area contributed by atoms with Crippen LogP contribution in [0.25, 0.3) is 0 Å². The quantitative estimate of drug-likeness (QED) is 0.760. The van der Waals surface area contributed by atoms with E-state index in [4.69, 9.17) is 0 Å². The Kier molecular flexibility index (Phi) is 5.93. The second-order valence-corrected chi connectivity index (χ2v) is 8.33. The second-order valence-electron chi connectivity index (χ2n) is 8.33. The first kappa shape index (κ1) is 19.6. The van der Waals surface area contributed by atoms with Crippen LogP contribution in [0.1, 0.15) is 36.9 Å². The summed E-state index contributed by atoms with van der Waals surface area (Å²) in [5.74, 6) is 0.333. The number of benzene rings is 1. The highest BCUT2D eigenvalue weighted by molar-refractivity contribution is 5.86. The van der Waals surface area contributed by atoms with Gasteiger partial charge in [0.25, 0.3) is 0 Å². The smallest absolute Gasteiger partial charge is 0.230 e. The Balaban J connectivity index is 1.33. The molecule has 0 aliphatic carbocycles. The van der Waals surface area contributed by atoms with Crippen molar-refractivity contribution in [1.82, 2.24) is 14.8 Å². The molecule has 5 nitrogen and oxygen atoms in total. The lowest BCUT2D eigenvalue weighted by Gasteiger charge is -2.39. The van der Waals surface area contributed by atoms with Crippen LogP contribution >= 0.6 is 0 Å². The molecule has 0 bridgehead atoms. The third kappa shape index (κ3) is 4.50. The average molecular weight is 392 g/mol. The van der Waals surface area contributed by atoms with Crippen molar-refractivity contribution in [3.8, 4) is 0 Å². The van der Waals surface area contributed by atoms with Gasteiger partial charge in [0.05, 0.1) is 11.8 Å². The molecule has 1 aromatic carbocycles. The Morgan fingerprint density at radius 1 is 1.03 bits per heavy atom. The van der Waals surface area contributed by atoms with Crippen LogP contribution < -0.4 is 0 Å². The minimum absolute atomic E-state index is 0.0783. The number of aryl methyl sites for hydroxylation is 1. The molecule has 0 radical (unpaired) electrons. The monoisotopic (exact) mass is 391 g/mol. The van der Waals surface area contributed by atoms with Crippen molar-refractivity contribution < 1.29 is 9.59 Å². The number of carbonyl (C=O) groups excluding carboxylic acids is 2. The van der Waals surface area contributed by atoms with Crippen LogP contribution in [-0.2, 0) is 22.4 Å². The van der Waals surface area contributed by atoms with Crippen LogP contribution in [0.2, 0.25) is 0 Å². The van der Waals surface area contributed by atoms with Gasteiger partial charge in [0.1, 0.15) is 0 Å². The number of hydrogen-bond acceptors (Lipinski definition) is 3. The molecule has 1 atom stereocenters. The fourth-order valence-electron chi connectivity index (χ4n) is 4.72. The number of piperidine rings is 1. The Hall–Kier alpha value is -2.69. The van der Waals surface area contributed by atoms with Crippen LogP contribution in [-0.4, -0.2) is 52.8 Å². The highest BCUT2D eigenvalue weighted by atomic mass is 16.2. The van der Waals surface area contributed by atoms with Crippen molar-refractivity contribution >= 4 is 11.8 Å². The van der Waals surface area contributed by atoms with Gasteiger partial charge in [-0.1, -0.05) is 36.4 Å². The third-order valence-electron chi connectivity index (χ3n) is 6.33. The molecular weight excluding hydrogens is 362 g/mol. The lowest BCUT2D eigenvalue weighted by atomic mass is 9.78. The average Bonchev–Trinajstić information content (AvgIpc) is 3.18. The summed E-state index contributed by atoms with van der Waals surface area (Å²) in [6.07, 6.45) is 6.71. The molecule has 2 aliphatic rings. The molecule has 0 unspecified atom stereocenters. The van der Waals surface area contributed by atoms with Crippen molar-refractivity contribution in [2.75, 3.05) is 26.2 Å². The summed E-state index contributed by atoms with van der Waals surface area (Å²) < 4.78 is 0. The number of amides is 2. The molecule has 2 saturated heterocycles. The zero-order valence-electron chi connectivity index (χ0n) is 16.9. The molecule has 2 aromatic rings. The number of pyridine rings is 1. The van der Waals surface area contributed by atoms with Crippen molar-refractivity contribution in [3.05, 3.63) is 66.0 Å². The molecule has 4 rings (SSSR count). The summed E-state index contributed by atoms with van der Waals surface area (Å²) in [7, 11) is 0. The maximum Gasteiger partial charge on any atom is 0.230 e. The van der Waals surface area contributed by atoms with Crippen LogP contribution in [0.4, 0.5) is 0 Å². The Morgan fingerprint density at radius 2 is 1.86 bits per heavy atom. The normalized spacial score (nSPS) is 21.7. The SMILES string of the molecule is O=C(Cc1ccccn1)N1CC[C@]2(CCCN(CCCc3ccccc3)C2=O)C1. The number of rotatable bonds is 6. The summed E-state index contributed by atoms with van der Waals surface area (Å²) in [6.45, 7) is 2.89. The predicted molar refractivity (Wildman–Crippen MR) is 112 cm³/mol. The van der Waals surface area contributed by atoms with Gasteiger partial charge in [0.2, 0.25) is 11.8 Å². The molecule has 5 heteroatoms. The molecule has 2 fully saturated rings. The van der Waals surface area contributed by atoms with E-state index in [-0.39, 0.29) is 17.2 Å². The topological polar surface area (TPSA) is 53.5 Å². The Morgan fingerprint density at radius 3 is 2.66 bits per heavy atom. The zero-order valence-corrected chi connectivity index (χ0v) is 16.9. The van der Waals surface area contributed by atoms with Crippen LogP contribution in [0.5, 0.6) is 0 Å². The second kappa shape index (κ2) is 8.76. The number of aromatic nitrogens is 1. The minimum Gasteiger partial charge on any atom is -0.342 e. The van der Waals surface area contributed by atoms with Crippen molar-refractivity contribution in [2.45, 2.75) is 38.5 Å². The molecular formula is C24H29N3O2. The van der Waals surface area contributed by atoms with Gasteiger partial charge >= 0.3 is 0 Å². The Bertz CT molecular complexity index is 840.